The zero-order valence-electron chi connectivity index (χ0n) is 6.37. The van der Waals surface area contributed by atoms with Gasteiger partial charge in [0, 0.05) is 5.56 Å². The first kappa shape index (κ1) is 7.61. The molecular formula is C8H8O3S. The molecule has 0 atom stereocenters. The van der Waals surface area contributed by atoms with Crippen molar-refractivity contribution in [2.24, 2.45) is 0 Å². The molecule has 64 valence electrons. The van der Waals surface area contributed by atoms with Gasteiger partial charge in [-0.1, -0.05) is 11.3 Å². The fraction of sp³-hybridized carbons (Fsp3) is 0.375. The van der Waals surface area contributed by atoms with E-state index in [2.05, 4.69) is 0 Å². The molecule has 0 saturated heterocycles. The molecule has 0 unspecified atom stereocenters. The third kappa shape index (κ3) is 1.18. The molecule has 2 heterocycles. The molecule has 0 spiro atoms. The molecule has 1 aliphatic rings. The summed E-state index contributed by atoms with van der Waals surface area (Å²) >= 11 is 1.22. The Balaban J connectivity index is 2.38. The lowest BCUT2D eigenvalue weighted by Crippen LogP contribution is -2.04. The molecule has 0 aromatic carbocycles. The van der Waals surface area contributed by atoms with Gasteiger partial charge < -0.3 is 9.84 Å². The Hall–Kier alpha value is -1.03. The molecule has 0 amide bonds. The van der Waals surface area contributed by atoms with Gasteiger partial charge in [-0.15, -0.1) is 0 Å². The number of hydrogen-bond donors (Lipinski definition) is 1. The van der Waals surface area contributed by atoms with E-state index in [-0.39, 0.29) is 0 Å². The number of carboxylic acid groups (broad SMARTS) is 1. The van der Waals surface area contributed by atoms with Crippen molar-refractivity contribution in [1.82, 2.24) is 0 Å². The highest BCUT2D eigenvalue weighted by Crippen LogP contribution is 2.34. The lowest BCUT2D eigenvalue weighted by molar-refractivity contribution is 0.0702. The van der Waals surface area contributed by atoms with Gasteiger partial charge in [-0.2, -0.15) is 0 Å². The smallest absolute Gasteiger partial charge is 0.346 e. The molecule has 2 rings (SSSR count). The van der Waals surface area contributed by atoms with Gasteiger partial charge in [0.2, 0.25) is 0 Å². The second-order valence-electron chi connectivity index (χ2n) is 2.68. The van der Waals surface area contributed by atoms with Crippen molar-refractivity contribution >= 4 is 17.3 Å². The van der Waals surface area contributed by atoms with E-state index in [1.54, 1.807) is 6.07 Å². The Morgan fingerprint density at radius 2 is 2.50 bits per heavy atom. The quantitative estimate of drug-likeness (QED) is 0.723. The molecule has 4 heteroatoms. The number of thiophene rings is 1. The molecule has 1 aromatic rings. The molecule has 0 bridgehead atoms. The summed E-state index contributed by atoms with van der Waals surface area (Å²) in [6, 6.07) is 1.71. The van der Waals surface area contributed by atoms with Crippen molar-refractivity contribution in [2.45, 2.75) is 12.8 Å². The van der Waals surface area contributed by atoms with E-state index < -0.39 is 5.97 Å². The predicted molar refractivity (Wildman–Crippen MR) is 45.1 cm³/mol. The second kappa shape index (κ2) is 2.79. The summed E-state index contributed by atoms with van der Waals surface area (Å²) in [6.45, 7) is 0.715. The monoisotopic (exact) mass is 184 g/mol. The van der Waals surface area contributed by atoms with Gasteiger partial charge in [-0.05, 0) is 18.9 Å². The maximum absolute atomic E-state index is 10.6. The Bertz CT molecular complexity index is 293. The minimum atomic E-state index is -0.863. The fourth-order valence-corrected chi connectivity index (χ4v) is 2.16. The van der Waals surface area contributed by atoms with E-state index in [0.717, 1.165) is 23.5 Å². The molecule has 12 heavy (non-hydrogen) atoms. The van der Waals surface area contributed by atoms with E-state index in [0.29, 0.717) is 11.5 Å². The molecule has 1 N–H and O–H groups in total. The number of hydrogen-bond acceptors (Lipinski definition) is 3. The average molecular weight is 184 g/mol. The van der Waals surface area contributed by atoms with E-state index >= 15 is 0 Å². The maximum Gasteiger partial charge on any atom is 0.346 e. The number of carbonyl (C=O) groups is 1. The number of aryl methyl sites for hydroxylation is 1. The first-order chi connectivity index (χ1) is 5.77. The van der Waals surface area contributed by atoms with Gasteiger partial charge in [-0.3, -0.25) is 0 Å². The zero-order valence-corrected chi connectivity index (χ0v) is 7.19. The molecule has 1 aliphatic heterocycles. The zero-order chi connectivity index (χ0) is 8.55. The van der Waals surface area contributed by atoms with Crippen molar-refractivity contribution < 1.29 is 14.6 Å². The molecule has 0 fully saturated rings. The summed E-state index contributed by atoms with van der Waals surface area (Å²) < 4.78 is 5.31. The van der Waals surface area contributed by atoms with E-state index in [9.17, 15) is 4.79 Å². The normalized spacial score (nSPS) is 15.0. The Labute approximate surface area is 73.6 Å². The van der Waals surface area contributed by atoms with Crippen LogP contribution >= 0.6 is 11.3 Å². The Kier molecular flexibility index (Phi) is 1.77. The third-order valence-corrected chi connectivity index (χ3v) is 2.88. The van der Waals surface area contributed by atoms with Gasteiger partial charge in [0.25, 0.3) is 0 Å². The lowest BCUT2D eigenvalue weighted by Gasteiger charge is -2.11. The number of carboxylic acids is 1. The summed E-state index contributed by atoms with van der Waals surface area (Å²) in [5.74, 6) is -0.863. The van der Waals surface area contributed by atoms with Crippen molar-refractivity contribution in [1.29, 1.82) is 0 Å². The fourth-order valence-electron chi connectivity index (χ4n) is 1.24. The van der Waals surface area contributed by atoms with Crippen LogP contribution in [-0.4, -0.2) is 17.7 Å². The van der Waals surface area contributed by atoms with Crippen LogP contribution < -0.4 is 4.74 Å². The number of aromatic carboxylic acids is 1. The molecule has 0 saturated carbocycles. The first-order valence-corrected chi connectivity index (χ1v) is 4.58. The third-order valence-electron chi connectivity index (χ3n) is 1.80. The second-order valence-corrected chi connectivity index (χ2v) is 3.70. The van der Waals surface area contributed by atoms with Gasteiger partial charge in [-0.25, -0.2) is 4.79 Å². The van der Waals surface area contributed by atoms with E-state index in [1.165, 1.54) is 11.3 Å². The highest BCUT2D eigenvalue weighted by atomic mass is 32.1. The highest BCUT2D eigenvalue weighted by Gasteiger charge is 2.17. The van der Waals surface area contributed by atoms with Crippen molar-refractivity contribution in [2.75, 3.05) is 6.61 Å². The number of ether oxygens (including phenoxy) is 1. The summed E-state index contributed by atoms with van der Waals surface area (Å²) in [7, 11) is 0. The van der Waals surface area contributed by atoms with Crippen LogP contribution in [0.15, 0.2) is 6.07 Å². The predicted octanol–water partition coefficient (Wildman–Crippen LogP) is 1.77. The van der Waals surface area contributed by atoms with E-state index in [4.69, 9.17) is 9.84 Å². The van der Waals surface area contributed by atoms with Crippen molar-refractivity contribution in [3.05, 3.63) is 16.5 Å². The van der Waals surface area contributed by atoms with Crippen LogP contribution in [0.3, 0.4) is 0 Å². The molecular weight excluding hydrogens is 176 g/mol. The minimum Gasteiger partial charge on any atom is -0.484 e. The first-order valence-electron chi connectivity index (χ1n) is 3.76. The summed E-state index contributed by atoms with van der Waals surface area (Å²) in [4.78, 5) is 11.0. The average Bonchev–Trinajstić information content (AvgIpc) is 2.46. The van der Waals surface area contributed by atoms with Crippen LogP contribution in [-0.2, 0) is 6.42 Å². The topological polar surface area (TPSA) is 46.5 Å². The molecule has 0 radical (unpaired) electrons. The Morgan fingerprint density at radius 3 is 3.17 bits per heavy atom. The van der Waals surface area contributed by atoms with Crippen LogP contribution in [0.25, 0.3) is 0 Å². The largest absolute Gasteiger partial charge is 0.484 e. The van der Waals surface area contributed by atoms with Crippen LogP contribution in [0.2, 0.25) is 0 Å². The van der Waals surface area contributed by atoms with Crippen LogP contribution in [0, 0.1) is 0 Å². The van der Waals surface area contributed by atoms with Crippen LogP contribution in [0.5, 0.6) is 5.06 Å². The number of rotatable bonds is 1. The highest BCUT2D eigenvalue weighted by molar-refractivity contribution is 7.15. The summed E-state index contributed by atoms with van der Waals surface area (Å²) in [6.07, 6.45) is 1.93. The summed E-state index contributed by atoms with van der Waals surface area (Å²) in [5, 5.41) is 9.48. The number of fused-ring (bicyclic) bond motifs is 1. The minimum absolute atomic E-state index is 0.377. The maximum atomic E-state index is 10.6. The van der Waals surface area contributed by atoms with Crippen molar-refractivity contribution in [3.63, 3.8) is 0 Å². The van der Waals surface area contributed by atoms with Crippen molar-refractivity contribution in [3.8, 4) is 5.06 Å². The van der Waals surface area contributed by atoms with Crippen LogP contribution in [0.4, 0.5) is 0 Å². The van der Waals surface area contributed by atoms with Gasteiger partial charge >= 0.3 is 5.97 Å². The standard InChI is InChI=1S/C8H8O3S/c9-7(10)6-4-5-2-1-3-11-8(5)12-6/h4H,1-3H2,(H,9,10). The van der Waals surface area contributed by atoms with Gasteiger partial charge in [0.15, 0.2) is 5.06 Å². The molecule has 1 aromatic heterocycles. The van der Waals surface area contributed by atoms with Gasteiger partial charge in [0.1, 0.15) is 4.88 Å². The summed E-state index contributed by atoms with van der Waals surface area (Å²) in [5.41, 5.74) is 1.05. The lowest BCUT2D eigenvalue weighted by atomic mass is 10.1. The van der Waals surface area contributed by atoms with Crippen LogP contribution in [0.1, 0.15) is 21.7 Å². The molecule has 0 aliphatic carbocycles. The van der Waals surface area contributed by atoms with E-state index in [1.807, 2.05) is 0 Å². The SMILES string of the molecule is O=C(O)c1cc2c(s1)OCCC2. The molecule has 3 nitrogen and oxygen atoms in total. The van der Waals surface area contributed by atoms with Gasteiger partial charge in [0.05, 0.1) is 6.61 Å². The Morgan fingerprint density at radius 1 is 1.67 bits per heavy atom.